The third-order valence-corrected chi connectivity index (χ3v) is 4.20. The number of hydrogen-bond donors (Lipinski definition) is 0. The molecule has 0 atom stereocenters. The van der Waals surface area contributed by atoms with Crippen LogP contribution in [0.1, 0.15) is 33.3 Å². The van der Waals surface area contributed by atoms with Gasteiger partial charge >= 0.3 is 5.97 Å². The zero-order chi connectivity index (χ0) is 21.7. The molecular formula is C20H16ClFN4O4. The zero-order valence-electron chi connectivity index (χ0n) is 15.8. The Balaban J connectivity index is 1.93. The van der Waals surface area contributed by atoms with Gasteiger partial charge in [-0.2, -0.15) is 0 Å². The largest absolute Gasteiger partial charge is 0.836 e. The highest BCUT2D eigenvalue weighted by Gasteiger charge is 2.29. The van der Waals surface area contributed by atoms with E-state index in [-0.39, 0.29) is 13.2 Å². The van der Waals surface area contributed by atoms with Gasteiger partial charge in [-0.3, -0.25) is 4.79 Å². The van der Waals surface area contributed by atoms with Gasteiger partial charge in [0.05, 0.1) is 12.8 Å². The number of esters is 1. The Morgan fingerprint density at radius 3 is 2.53 bits per heavy atom. The van der Waals surface area contributed by atoms with Crippen molar-refractivity contribution in [3.05, 3.63) is 76.2 Å². The first-order valence-electron chi connectivity index (χ1n) is 8.85. The number of Topliss-reactive ketones (excluding diaryl/α,β-unsaturated/α-hetero) is 1. The third-order valence-electron chi connectivity index (χ3n) is 3.95. The summed E-state index contributed by atoms with van der Waals surface area (Å²) >= 11 is 5.82. The number of halogens is 2. The lowest BCUT2D eigenvalue weighted by Gasteiger charge is -2.03. The zero-order valence-corrected chi connectivity index (χ0v) is 16.5. The number of aromatic nitrogens is 3. The van der Waals surface area contributed by atoms with E-state index < -0.39 is 29.1 Å². The van der Waals surface area contributed by atoms with Crippen molar-refractivity contribution >= 4 is 29.6 Å². The van der Waals surface area contributed by atoms with Crippen LogP contribution in [-0.2, 0) is 11.3 Å². The quantitative estimate of drug-likeness (QED) is 0.247. The molecule has 0 radical (unpaired) electrons. The first-order valence-corrected chi connectivity index (χ1v) is 9.22. The fraction of sp³-hybridized carbons (Fsp3) is 0.150. The lowest BCUT2D eigenvalue weighted by molar-refractivity contribution is -0.745. The molecule has 0 unspecified atom stereocenters. The van der Waals surface area contributed by atoms with Gasteiger partial charge in [0.1, 0.15) is 11.0 Å². The molecule has 3 rings (SSSR count). The lowest BCUT2D eigenvalue weighted by atomic mass is 10.1. The predicted molar refractivity (Wildman–Crippen MR) is 103 cm³/mol. The predicted octanol–water partition coefficient (Wildman–Crippen LogP) is 1.98. The van der Waals surface area contributed by atoms with Crippen molar-refractivity contribution in [3.8, 4) is 5.88 Å². The highest BCUT2D eigenvalue weighted by molar-refractivity contribution is 6.30. The first-order chi connectivity index (χ1) is 14.4. The lowest BCUT2D eigenvalue weighted by Crippen LogP contribution is -2.45. The second-order valence-corrected chi connectivity index (χ2v) is 6.47. The topological polar surface area (TPSA) is 100 Å². The maximum atomic E-state index is 13.0. The SMILES string of the molecule is CCOC(=O)c1c([O-])n(/N=C/c2ccc(F)cc2)n[n+]1CC(=O)c1ccc(Cl)cc1. The van der Waals surface area contributed by atoms with Gasteiger partial charge in [-0.15, -0.1) is 4.68 Å². The van der Waals surface area contributed by atoms with Crippen LogP contribution < -0.4 is 9.79 Å². The average molecular weight is 431 g/mol. The normalized spacial score (nSPS) is 11.0. The summed E-state index contributed by atoms with van der Waals surface area (Å²) in [7, 11) is 0. The molecular weight excluding hydrogens is 415 g/mol. The van der Waals surface area contributed by atoms with Gasteiger partial charge < -0.3 is 9.84 Å². The van der Waals surface area contributed by atoms with Gasteiger partial charge in [0, 0.05) is 10.6 Å². The molecule has 154 valence electrons. The molecule has 3 aromatic rings. The van der Waals surface area contributed by atoms with Crippen LogP contribution in [0, 0.1) is 5.82 Å². The Morgan fingerprint density at radius 2 is 1.90 bits per heavy atom. The summed E-state index contributed by atoms with van der Waals surface area (Å²) in [4.78, 5) is 25.5. The van der Waals surface area contributed by atoms with Gasteiger partial charge in [0.2, 0.25) is 5.78 Å². The van der Waals surface area contributed by atoms with Crippen molar-refractivity contribution in [2.45, 2.75) is 13.5 Å². The summed E-state index contributed by atoms with van der Waals surface area (Å²) in [5, 5.41) is 20.9. The maximum absolute atomic E-state index is 13.0. The molecule has 2 aromatic carbocycles. The van der Waals surface area contributed by atoms with E-state index in [4.69, 9.17) is 16.3 Å². The first kappa shape index (κ1) is 21.1. The minimum Gasteiger partial charge on any atom is -0.836 e. The number of ether oxygens (including phenoxy) is 1. The van der Waals surface area contributed by atoms with E-state index in [1.807, 2.05) is 0 Å². The number of rotatable bonds is 7. The van der Waals surface area contributed by atoms with E-state index in [0.717, 1.165) is 4.68 Å². The minimum absolute atomic E-state index is 0.0352. The Morgan fingerprint density at radius 1 is 1.23 bits per heavy atom. The highest BCUT2D eigenvalue weighted by atomic mass is 35.5. The summed E-state index contributed by atoms with van der Waals surface area (Å²) < 4.78 is 18.9. The molecule has 0 spiro atoms. The van der Waals surface area contributed by atoms with Crippen molar-refractivity contribution in [1.82, 2.24) is 10.0 Å². The molecule has 1 heterocycles. The highest BCUT2D eigenvalue weighted by Crippen LogP contribution is 2.13. The molecule has 30 heavy (non-hydrogen) atoms. The van der Waals surface area contributed by atoms with Crippen LogP contribution in [0.2, 0.25) is 5.02 Å². The Labute approximate surface area is 175 Å². The van der Waals surface area contributed by atoms with Crippen molar-refractivity contribution in [1.29, 1.82) is 0 Å². The van der Waals surface area contributed by atoms with Crippen LogP contribution in [0.4, 0.5) is 4.39 Å². The van der Waals surface area contributed by atoms with E-state index in [9.17, 15) is 19.1 Å². The summed E-state index contributed by atoms with van der Waals surface area (Å²) in [6.45, 7) is 1.24. The van der Waals surface area contributed by atoms with Gasteiger partial charge in [-0.1, -0.05) is 28.8 Å². The summed E-state index contributed by atoms with van der Waals surface area (Å²) in [5.41, 5.74) is 0.404. The smallest absolute Gasteiger partial charge is 0.383 e. The van der Waals surface area contributed by atoms with Gasteiger partial charge in [-0.25, -0.2) is 9.18 Å². The standard InChI is InChI=1S/C20H16ClFN4O4/c1-2-30-20(29)18-19(28)26(23-11-13-3-9-16(22)10-4-13)24-25(18)12-17(27)14-5-7-15(21)8-6-14/h3-11H,2,12H2,1H3/b23-11+. The summed E-state index contributed by atoms with van der Waals surface area (Å²) in [6, 6.07) is 11.5. The molecule has 0 saturated carbocycles. The monoisotopic (exact) mass is 430 g/mol. The molecule has 0 bridgehead atoms. The molecule has 0 aliphatic rings. The molecule has 0 saturated heterocycles. The molecule has 0 aliphatic heterocycles. The number of carbonyl (C=O) groups excluding carboxylic acids is 2. The third kappa shape index (κ3) is 4.87. The van der Waals surface area contributed by atoms with Crippen LogP contribution in [-0.4, -0.2) is 34.6 Å². The van der Waals surface area contributed by atoms with Crippen molar-refractivity contribution in [3.63, 3.8) is 0 Å². The fourth-order valence-corrected chi connectivity index (χ4v) is 2.63. The molecule has 10 heteroatoms. The van der Waals surface area contributed by atoms with E-state index in [1.54, 1.807) is 19.1 Å². The Kier molecular flexibility index (Phi) is 6.53. The summed E-state index contributed by atoms with van der Waals surface area (Å²) in [6.07, 6.45) is 1.27. The number of carbonyl (C=O) groups is 2. The van der Waals surface area contributed by atoms with Crippen molar-refractivity contribution in [2.75, 3.05) is 6.61 Å². The molecule has 8 nitrogen and oxygen atoms in total. The second kappa shape index (κ2) is 9.27. The van der Waals surface area contributed by atoms with Gasteiger partial charge in [0.25, 0.3) is 5.69 Å². The van der Waals surface area contributed by atoms with Crippen LogP contribution in [0.25, 0.3) is 0 Å². The van der Waals surface area contributed by atoms with Crippen LogP contribution in [0.15, 0.2) is 53.6 Å². The molecule has 0 N–H and O–H groups in total. The number of benzene rings is 2. The fourth-order valence-electron chi connectivity index (χ4n) is 2.50. The summed E-state index contributed by atoms with van der Waals surface area (Å²) in [5.74, 6) is -2.58. The van der Waals surface area contributed by atoms with E-state index in [1.165, 1.54) is 42.6 Å². The van der Waals surface area contributed by atoms with Crippen LogP contribution in [0.3, 0.4) is 0 Å². The van der Waals surface area contributed by atoms with E-state index in [2.05, 4.69) is 10.3 Å². The van der Waals surface area contributed by atoms with Crippen LogP contribution in [0.5, 0.6) is 5.88 Å². The Bertz CT molecular complexity index is 1100. The number of nitrogens with zero attached hydrogens (tertiary/aromatic N) is 4. The molecule has 0 fully saturated rings. The number of hydrogen-bond acceptors (Lipinski definition) is 6. The van der Waals surface area contributed by atoms with Crippen LogP contribution >= 0.6 is 11.6 Å². The van der Waals surface area contributed by atoms with E-state index in [0.29, 0.717) is 20.9 Å². The Hall–Kier alpha value is -3.59. The number of ketones is 1. The van der Waals surface area contributed by atoms with E-state index >= 15 is 0 Å². The molecule has 1 aromatic heterocycles. The molecule has 0 amide bonds. The second-order valence-electron chi connectivity index (χ2n) is 6.04. The van der Waals surface area contributed by atoms with Gasteiger partial charge in [-0.05, 0) is 53.7 Å². The van der Waals surface area contributed by atoms with Crippen molar-refractivity contribution < 1.29 is 28.5 Å². The maximum Gasteiger partial charge on any atom is 0.383 e. The molecule has 0 aliphatic carbocycles. The minimum atomic E-state index is -0.922. The van der Waals surface area contributed by atoms with Gasteiger partial charge in [0.15, 0.2) is 12.4 Å². The van der Waals surface area contributed by atoms with Crippen molar-refractivity contribution in [2.24, 2.45) is 5.10 Å². The average Bonchev–Trinajstić information content (AvgIpc) is 3.03.